The third-order valence-corrected chi connectivity index (χ3v) is 13.7. The van der Waals surface area contributed by atoms with Crippen molar-refractivity contribution < 1.29 is 58.2 Å². The van der Waals surface area contributed by atoms with E-state index in [2.05, 4.69) is 49.2 Å². The van der Waals surface area contributed by atoms with Gasteiger partial charge in [0.05, 0.1) is 19.4 Å². The summed E-state index contributed by atoms with van der Waals surface area (Å²) in [5.74, 6) is -8.04. The molecule has 6 atom stereocenters. The molecule has 380 valence electrons. The number of nitrogens with two attached hydrogens (primary N) is 3. The third kappa shape index (κ3) is 19.0. The maximum absolute atomic E-state index is 14.6. The molecule has 0 radical (unpaired) electrons. The predicted molar refractivity (Wildman–Crippen MR) is 261 cm³/mol. The highest BCUT2D eigenvalue weighted by Crippen LogP contribution is 2.25. The van der Waals surface area contributed by atoms with Crippen molar-refractivity contribution in [3.63, 3.8) is 0 Å². The van der Waals surface area contributed by atoms with Gasteiger partial charge in [0.25, 0.3) is 0 Å². The lowest BCUT2D eigenvalue weighted by molar-refractivity contribution is -0.148. The Labute approximate surface area is 411 Å². The van der Waals surface area contributed by atoms with Gasteiger partial charge in [-0.2, -0.15) is 12.6 Å². The normalized spacial score (nSPS) is 15.3. The lowest BCUT2D eigenvalue weighted by atomic mass is 10.0. The number of likely N-dealkylation sites (N-methyl/N-ethyl adjacent to an activating group) is 1. The number of hydrogen-bond donors (Lipinski definition) is 12. The van der Waals surface area contributed by atoms with Gasteiger partial charge in [0, 0.05) is 67.3 Å². The van der Waals surface area contributed by atoms with Gasteiger partial charge in [-0.3, -0.25) is 52.9 Å². The summed E-state index contributed by atoms with van der Waals surface area (Å²) < 4.78 is 0. The Hall–Kier alpha value is -6.22. The molecule has 8 amide bonds. The number of guanidine groups is 1. The van der Waals surface area contributed by atoms with Crippen LogP contribution < -0.4 is 43.8 Å². The van der Waals surface area contributed by atoms with Crippen molar-refractivity contribution in [2.75, 3.05) is 43.9 Å². The van der Waals surface area contributed by atoms with Crippen LogP contribution in [-0.4, -0.2) is 170 Å². The van der Waals surface area contributed by atoms with Gasteiger partial charge in [0.2, 0.25) is 47.3 Å². The number of H-pyrrole nitrogens is 1. The van der Waals surface area contributed by atoms with Crippen LogP contribution in [0.4, 0.5) is 0 Å². The van der Waals surface area contributed by atoms with E-state index in [0.29, 0.717) is 41.7 Å². The van der Waals surface area contributed by atoms with Crippen LogP contribution in [0.5, 0.6) is 0 Å². The minimum atomic E-state index is -1.76. The molecule has 69 heavy (non-hydrogen) atoms. The van der Waals surface area contributed by atoms with Gasteiger partial charge in [-0.15, -0.1) is 0 Å². The van der Waals surface area contributed by atoms with Crippen LogP contribution in [0.15, 0.2) is 35.5 Å². The second-order valence-electron chi connectivity index (χ2n) is 16.0. The second-order valence-corrected chi connectivity index (χ2v) is 19.0. The summed E-state index contributed by atoms with van der Waals surface area (Å²) in [4.78, 5) is 139. The molecular weight excluding hydrogens is 961 g/mol. The number of hydrogen-bond acceptors (Lipinski definition) is 14. The van der Waals surface area contributed by atoms with Gasteiger partial charge in [-0.05, 0) is 50.7 Å². The number of aliphatic imine (C=N–C) groups is 1. The van der Waals surface area contributed by atoms with Crippen LogP contribution in [0.2, 0.25) is 0 Å². The Kier molecular flexibility index (Phi) is 24.0. The summed E-state index contributed by atoms with van der Waals surface area (Å²) in [6.07, 6.45) is 2.08. The SMILES string of the molecule is C[C@@H](C(=O)N[C@@H](CS)C(N)=O)N(C)C(=O)[C@@H]1CCCN1C(=O)[C@H](Cc1c[nH]c2ccccc12)NC(=O)[C@H](CC(=O)O)NC(=O)CNC(=O)[C@H](CCCCN=C(N)N)NC(=O)CCSSCCC(=O)O. The van der Waals surface area contributed by atoms with E-state index in [1.807, 2.05) is 0 Å². The van der Waals surface area contributed by atoms with Crippen molar-refractivity contribution in [3.8, 4) is 0 Å². The van der Waals surface area contributed by atoms with E-state index < -0.39 is 108 Å². The van der Waals surface area contributed by atoms with Gasteiger partial charge < -0.3 is 68.8 Å². The number of carboxylic acid groups (broad SMARTS) is 2. The number of likely N-dealkylation sites (tertiary alicyclic amines) is 1. The summed E-state index contributed by atoms with van der Waals surface area (Å²) in [5, 5.41) is 31.7. The number of primary amides is 1. The average molecular weight is 1020 g/mol. The molecular formula is C42H62N12O12S3. The number of benzene rings is 1. The Morgan fingerprint density at radius 1 is 0.855 bits per heavy atom. The predicted octanol–water partition coefficient (Wildman–Crippen LogP) is -1.82. The van der Waals surface area contributed by atoms with E-state index in [1.165, 1.54) is 40.5 Å². The first-order valence-corrected chi connectivity index (χ1v) is 25.1. The first-order chi connectivity index (χ1) is 32.7. The Bertz CT molecular complexity index is 2190. The van der Waals surface area contributed by atoms with E-state index in [9.17, 15) is 53.1 Å². The quantitative estimate of drug-likeness (QED) is 0.0135. The van der Waals surface area contributed by atoms with Crippen molar-refractivity contribution in [1.82, 2.24) is 41.4 Å². The molecule has 1 fully saturated rings. The van der Waals surface area contributed by atoms with Crippen LogP contribution in [0, 0.1) is 0 Å². The highest BCUT2D eigenvalue weighted by atomic mass is 33.1. The minimum Gasteiger partial charge on any atom is -0.481 e. The maximum Gasteiger partial charge on any atom is 0.305 e. The summed E-state index contributed by atoms with van der Waals surface area (Å²) in [6.45, 7) is 1.03. The van der Waals surface area contributed by atoms with Crippen molar-refractivity contribution >= 4 is 110 Å². The first-order valence-electron chi connectivity index (χ1n) is 22.0. The van der Waals surface area contributed by atoms with E-state index in [1.54, 1.807) is 30.5 Å². The monoisotopic (exact) mass is 1020 g/mol. The lowest BCUT2D eigenvalue weighted by Crippen LogP contribution is -2.59. The highest BCUT2D eigenvalue weighted by molar-refractivity contribution is 8.76. The molecule has 2 heterocycles. The largest absolute Gasteiger partial charge is 0.481 e. The molecule has 3 rings (SSSR count). The van der Waals surface area contributed by atoms with Crippen molar-refractivity contribution in [1.29, 1.82) is 0 Å². The van der Waals surface area contributed by atoms with Crippen LogP contribution in [0.25, 0.3) is 10.9 Å². The Morgan fingerprint density at radius 3 is 2.17 bits per heavy atom. The number of unbranched alkanes of at least 4 members (excludes halogenated alkanes) is 1. The van der Waals surface area contributed by atoms with E-state index in [0.717, 1.165) is 10.4 Å². The number of thiol groups is 1. The zero-order valence-corrected chi connectivity index (χ0v) is 40.8. The summed E-state index contributed by atoms with van der Waals surface area (Å²) >= 11 is 4.04. The van der Waals surface area contributed by atoms with Gasteiger partial charge in [-0.1, -0.05) is 39.8 Å². The molecule has 1 saturated heterocycles. The van der Waals surface area contributed by atoms with E-state index in [4.69, 9.17) is 22.3 Å². The molecule has 27 heteroatoms. The molecule has 0 saturated carbocycles. The number of aromatic amines is 1. The number of nitrogens with one attached hydrogen (secondary N) is 6. The smallest absolute Gasteiger partial charge is 0.305 e. The number of amides is 8. The van der Waals surface area contributed by atoms with Gasteiger partial charge in [-0.25, -0.2) is 0 Å². The molecule has 1 aromatic carbocycles. The standard InChI is InChI=1S/C42H62N12O12S3/c1-23(37(62)52-30(22-67)36(43)61)53(2)41(66)31-11-7-15-54(31)40(65)29(18-24-20-47-26-9-4-3-8-25(24)26)51-39(64)28(19-35(59)60)50-33(56)21-48-38(63)27(10-5-6-14-46-42(44)45)49-32(55)12-16-68-69-17-13-34(57)58/h3-4,8-9,20,23,27-31,47,67H,5-7,10-19,21-22H2,1-2H3,(H2,43,61)(H,48,63)(H,49,55)(H,50,56)(H,51,64)(H,52,62)(H,57,58)(H,59,60)(H4,44,45,46)/t23-,27-,28-,29-,30-,31-/m0/s1. The highest BCUT2D eigenvalue weighted by Gasteiger charge is 2.41. The van der Waals surface area contributed by atoms with Crippen LogP contribution in [-0.2, 0) is 54.4 Å². The third-order valence-electron chi connectivity index (χ3n) is 10.9. The van der Waals surface area contributed by atoms with Gasteiger partial charge >= 0.3 is 11.9 Å². The molecule has 14 N–H and O–H groups in total. The molecule has 1 aliphatic rings. The number of aromatic nitrogens is 1. The van der Waals surface area contributed by atoms with E-state index >= 15 is 0 Å². The van der Waals surface area contributed by atoms with Crippen LogP contribution >= 0.6 is 34.2 Å². The number of fused-ring (bicyclic) bond motifs is 1. The number of carboxylic acids is 2. The number of para-hydroxylation sites is 1. The first kappa shape index (κ1) is 57.1. The average Bonchev–Trinajstić information content (AvgIpc) is 3.96. The molecule has 1 aromatic heterocycles. The number of carbonyl (C=O) groups excluding carboxylic acids is 8. The molecule has 0 unspecified atom stereocenters. The van der Waals surface area contributed by atoms with Gasteiger partial charge in [0.1, 0.15) is 36.3 Å². The summed E-state index contributed by atoms with van der Waals surface area (Å²) in [5.41, 5.74) is 17.4. The molecule has 1 aliphatic heterocycles. The van der Waals surface area contributed by atoms with Crippen LogP contribution in [0.1, 0.15) is 63.9 Å². The topological polar surface area (TPSA) is 384 Å². The fourth-order valence-electron chi connectivity index (χ4n) is 7.09. The lowest BCUT2D eigenvalue weighted by Gasteiger charge is -2.33. The number of rotatable bonds is 30. The molecule has 0 bridgehead atoms. The molecule has 24 nitrogen and oxygen atoms in total. The summed E-state index contributed by atoms with van der Waals surface area (Å²) in [6, 6.07) is -0.395. The Balaban J connectivity index is 1.78. The minimum absolute atomic E-state index is 0.000491. The number of nitrogens with zero attached hydrogens (tertiary/aromatic N) is 3. The van der Waals surface area contributed by atoms with Gasteiger partial charge in [0.15, 0.2) is 5.96 Å². The Morgan fingerprint density at radius 2 is 1.52 bits per heavy atom. The fourth-order valence-corrected chi connectivity index (χ4v) is 9.33. The van der Waals surface area contributed by atoms with E-state index in [-0.39, 0.29) is 56.9 Å². The summed E-state index contributed by atoms with van der Waals surface area (Å²) in [7, 11) is 3.95. The maximum atomic E-state index is 14.6. The van der Waals surface area contributed by atoms with Crippen molar-refractivity contribution in [3.05, 3.63) is 36.0 Å². The van der Waals surface area contributed by atoms with Crippen molar-refractivity contribution in [2.24, 2.45) is 22.2 Å². The van der Waals surface area contributed by atoms with Crippen molar-refractivity contribution in [2.45, 2.75) is 101 Å². The fraction of sp³-hybridized carbons (Fsp3) is 0.548. The zero-order chi connectivity index (χ0) is 51.2. The zero-order valence-electron chi connectivity index (χ0n) is 38.3. The second kappa shape index (κ2) is 29.0. The number of aliphatic carboxylic acids is 2. The molecule has 2 aromatic rings. The van der Waals surface area contributed by atoms with Crippen LogP contribution in [0.3, 0.4) is 0 Å². The molecule has 0 aliphatic carbocycles. The molecule has 0 spiro atoms. The number of carbonyl (C=O) groups is 10.